The Balaban J connectivity index is 1.60. The molecule has 2 N–H and O–H groups in total. The van der Waals surface area contributed by atoms with Gasteiger partial charge < -0.3 is 15.4 Å². The molecule has 0 heterocycles. The van der Waals surface area contributed by atoms with Crippen LogP contribution in [0.3, 0.4) is 0 Å². The fraction of sp³-hybridized carbons (Fsp3) is 0.458. The number of carbonyl (C=O) groups excluding carboxylic acids is 1. The van der Waals surface area contributed by atoms with Gasteiger partial charge in [0.15, 0.2) is 0 Å². The molecule has 29 heavy (non-hydrogen) atoms. The number of amides is 1. The molecule has 0 bridgehead atoms. The molecule has 0 saturated heterocycles. The summed E-state index contributed by atoms with van der Waals surface area (Å²) in [6.45, 7) is 7.52. The molecule has 0 radical (unpaired) electrons. The first-order valence-corrected chi connectivity index (χ1v) is 10.6. The number of ether oxygens (including phenoxy) is 1. The summed E-state index contributed by atoms with van der Waals surface area (Å²) in [5.41, 5.74) is 3.39. The summed E-state index contributed by atoms with van der Waals surface area (Å²) in [4.78, 5) is 15.1. The van der Waals surface area contributed by atoms with Crippen LogP contribution in [0.2, 0.25) is 0 Å². The minimum atomic E-state index is 0.0235. The number of benzene rings is 2. The van der Waals surface area contributed by atoms with Crippen LogP contribution in [0.4, 0.5) is 5.69 Å². The third kappa shape index (κ3) is 5.97. The fourth-order valence-electron chi connectivity index (χ4n) is 3.63. The quantitative estimate of drug-likeness (QED) is 0.598. The number of carbonyl (C=O) groups is 1. The number of nitrogens with one attached hydrogen (secondary N) is 2. The van der Waals surface area contributed by atoms with Crippen LogP contribution in [0.1, 0.15) is 43.9 Å². The maximum Gasteiger partial charge on any atom is 0.239 e. The fourth-order valence-corrected chi connectivity index (χ4v) is 3.63. The minimum Gasteiger partial charge on any atom is -0.497 e. The first kappa shape index (κ1) is 21.2. The second-order valence-corrected chi connectivity index (χ2v) is 7.63. The number of hydrogen-bond acceptors (Lipinski definition) is 4. The van der Waals surface area contributed by atoms with Crippen molar-refractivity contribution in [1.82, 2.24) is 10.2 Å². The predicted octanol–water partition coefficient (Wildman–Crippen LogP) is 4.22. The number of rotatable bonds is 11. The van der Waals surface area contributed by atoms with Gasteiger partial charge in [0, 0.05) is 12.2 Å². The van der Waals surface area contributed by atoms with E-state index in [0.29, 0.717) is 5.92 Å². The van der Waals surface area contributed by atoms with Crippen molar-refractivity contribution in [3.8, 4) is 5.75 Å². The molecule has 1 saturated carbocycles. The second-order valence-electron chi connectivity index (χ2n) is 7.63. The molecule has 0 aliphatic heterocycles. The summed E-state index contributed by atoms with van der Waals surface area (Å²) in [6, 6.07) is 16.3. The lowest BCUT2D eigenvalue weighted by atomic mass is 10.0. The van der Waals surface area contributed by atoms with Gasteiger partial charge >= 0.3 is 0 Å². The molecule has 0 aromatic heterocycles. The van der Waals surface area contributed by atoms with Crippen molar-refractivity contribution >= 4 is 11.6 Å². The lowest BCUT2D eigenvalue weighted by Crippen LogP contribution is -2.34. The van der Waals surface area contributed by atoms with E-state index in [4.69, 9.17) is 4.74 Å². The van der Waals surface area contributed by atoms with Gasteiger partial charge in [0.1, 0.15) is 5.75 Å². The summed E-state index contributed by atoms with van der Waals surface area (Å²) >= 11 is 0. The summed E-state index contributed by atoms with van der Waals surface area (Å²) in [5, 5.41) is 6.58. The molecule has 2 aromatic carbocycles. The average molecular weight is 396 g/mol. The van der Waals surface area contributed by atoms with Crippen LogP contribution in [0, 0.1) is 5.92 Å². The van der Waals surface area contributed by atoms with Crippen molar-refractivity contribution in [3.63, 3.8) is 0 Å². The van der Waals surface area contributed by atoms with Gasteiger partial charge in [0.2, 0.25) is 5.91 Å². The Morgan fingerprint density at radius 1 is 1.10 bits per heavy atom. The van der Waals surface area contributed by atoms with E-state index in [1.54, 1.807) is 7.11 Å². The smallest absolute Gasteiger partial charge is 0.239 e. The van der Waals surface area contributed by atoms with Gasteiger partial charge in [0.05, 0.1) is 19.7 Å². The zero-order chi connectivity index (χ0) is 20.6. The molecule has 1 aliphatic rings. The Morgan fingerprint density at radius 3 is 2.41 bits per heavy atom. The summed E-state index contributed by atoms with van der Waals surface area (Å²) in [7, 11) is 1.67. The van der Waals surface area contributed by atoms with E-state index >= 15 is 0 Å². The largest absolute Gasteiger partial charge is 0.497 e. The van der Waals surface area contributed by atoms with E-state index in [0.717, 1.165) is 49.5 Å². The van der Waals surface area contributed by atoms with Gasteiger partial charge in [-0.05, 0) is 61.2 Å². The van der Waals surface area contributed by atoms with Crippen LogP contribution in [0.25, 0.3) is 0 Å². The highest BCUT2D eigenvalue weighted by molar-refractivity contribution is 5.81. The Hall–Kier alpha value is -2.53. The van der Waals surface area contributed by atoms with Gasteiger partial charge in [-0.15, -0.1) is 0 Å². The Bertz CT molecular complexity index is 783. The van der Waals surface area contributed by atoms with Gasteiger partial charge in [-0.25, -0.2) is 0 Å². The molecular formula is C24H33N3O2. The summed E-state index contributed by atoms with van der Waals surface area (Å²) in [6.07, 6.45) is 2.33. The topological polar surface area (TPSA) is 53.6 Å². The lowest BCUT2D eigenvalue weighted by Gasteiger charge is -2.22. The number of hydrogen-bond donors (Lipinski definition) is 2. The highest BCUT2D eigenvalue weighted by atomic mass is 16.5. The minimum absolute atomic E-state index is 0.0235. The summed E-state index contributed by atoms with van der Waals surface area (Å²) in [5.74, 6) is 1.39. The first-order chi connectivity index (χ1) is 14.1. The SMILES string of the molecule is CCN(CC)Cc1ccccc1NCC(=O)NC(c1ccc(OC)cc1)C1CC1. The van der Waals surface area contributed by atoms with Crippen molar-refractivity contribution < 1.29 is 9.53 Å². The Morgan fingerprint density at radius 2 is 1.79 bits per heavy atom. The van der Waals surface area contributed by atoms with Gasteiger partial charge in [-0.3, -0.25) is 9.69 Å². The third-order valence-electron chi connectivity index (χ3n) is 5.63. The number of methoxy groups -OCH3 is 1. The molecule has 1 aliphatic carbocycles. The van der Waals surface area contributed by atoms with Gasteiger partial charge in [0.25, 0.3) is 0 Å². The van der Waals surface area contributed by atoms with Crippen LogP contribution >= 0.6 is 0 Å². The molecule has 1 atom stereocenters. The standard InChI is InChI=1S/C24H33N3O2/c1-4-27(5-2)17-20-8-6-7-9-22(20)25-16-23(28)26-24(18-10-11-18)19-12-14-21(29-3)15-13-19/h6-9,12-15,18,24-25H,4-5,10-11,16-17H2,1-3H3,(H,26,28). The zero-order valence-corrected chi connectivity index (χ0v) is 17.8. The summed E-state index contributed by atoms with van der Waals surface area (Å²) < 4.78 is 5.25. The Kier molecular flexibility index (Phi) is 7.53. The van der Waals surface area contributed by atoms with Crippen molar-refractivity contribution in [3.05, 3.63) is 59.7 Å². The van der Waals surface area contributed by atoms with Crippen LogP contribution in [0.5, 0.6) is 5.75 Å². The molecule has 1 unspecified atom stereocenters. The van der Waals surface area contributed by atoms with Crippen molar-refractivity contribution in [2.75, 3.05) is 32.1 Å². The van der Waals surface area contributed by atoms with Gasteiger partial charge in [-0.1, -0.05) is 44.2 Å². The Labute approximate surface area is 174 Å². The molecule has 5 nitrogen and oxygen atoms in total. The molecule has 0 spiro atoms. The van der Waals surface area contributed by atoms with Crippen LogP contribution in [-0.4, -0.2) is 37.6 Å². The normalized spacial score (nSPS) is 14.5. The first-order valence-electron chi connectivity index (χ1n) is 10.6. The maximum absolute atomic E-state index is 12.7. The van der Waals surface area contributed by atoms with E-state index in [9.17, 15) is 4.79 Å². The molecular weight excluding hydrogens is 362 g/mol. The molecule has 3 rings (SSSR count). The van der Waals surface area contributed by atoms with Gasteiger partial charge in [-0.2, -0.15) is 0 Å². The molecule has 1 fully saturated rings. The number of nitrogens with zero attached hydrogens (tertiary/aromatic N) is 1. The molecule has 1 amide bonds. The van der Waals surface area contributed by atoms with E-state index in [1.165, 1.54) is 5.56 Å². The van der Waals surface area contributed by atoms with Crippen molar-refractivity contribution in [2.24, 2.45) is 5.92 Å². The zero-order valence-electron chi connectivity index (χ0n) is 17.8. The average Bonchev–Trinajstić information content (AvgIpc) is 3.60. The third-order valence-corrected chi connectivity index (χ3v) is 5.63. The van der Waals surface area contributed by atoms with Crippen LogP contribution in [0.15, 0.2) is 48.5 Å². The highest BCUT2D eigenvalue weighted by Crippen LogP contribution is 2.41. The van der Waals surface area contributed by atoms with Crippen molar-refractivity contribution in [2.45, 2.75) is 39.3 Å². The lowest BCUT2D eigenvalue weighted by molar-refractivity contribution is -0.120. The second kappa shape index (κ2) is 10.3. The highest BCUT2D eigenvalue weighted by Gasteiger charge is 2.33. The van der Waals surface area contributed by atoms with E-state index < -0.39 is 0 Å². The monoisotopic (exact) mass is 395 g/mol. The predicted molar refractivity (Wildman–Crippen MR) is 118 cm³/mol. The number of anilines is 1. The van der Waals surface area contributed by atoms with Crippen LogP contribution in [-0.2, 0) is 11.3 Å². The molecule has 5 heteroatoms. The number of para-hydroxylation sites is 1. The maximum atomic E-state index is 12.7. The molecule has 2 aromatic rings. The van der Waals surface area contributed by atoms with Crippen molar-refractivity contribution in [1.29, 1.82) is 0 Å². The van der Waals surface area contributed by atoms with E-state index in [2.05, 4.69) is 53.6 Å². The van der Waals surface area contributed by atoms with E-state index in [1.807, 2.05) is 24.3 Å². The molecule has 156 valence electrons. The van der Waals surface area contributed by atoms with Crippen LogP contribution < -0.4 is 15.4 Å². The van der Waals surface area contributed by atoms with E-state index in [-0.39, 0.29) is 18.5 Å².